The van der Waals surface area contributed by atoms with Crippen LogP contribution in [0, 0.1) is 0 Å². The number of hydrogen-bond donors (Lipinski definition) is 3. The predicted octanol–water partition coefficient (Wildman–Crippen LogP) is 2.58. The number of aliphatic hydroxyl groups excluding tert-OH is 2. The Hall–Kier alpha value is -0.990. The number of halogens is 1. The van der Waals surface area contributed by atoms with Gasteiger partial charge in [-0.05, 0) is 25.5 Å². The Morgan fingerprint density at radius 3 is 2.65 bits per heavy atom. The first-order valence-corrected chi connectivity index (χ1v) is 10.3. The first kappa shape index (κ1) is 19.8. The first-order chi connectivity index (χ1) is 12.5. The maximum atomic E-state index is 9.53. The molecule has 1 aromatic carbocycles. The second-order valence-electron chi connectivity index (χ2n) is 6.93. The number of aliphatic hydroxyl groups is 2. The first-order valence-electron chi connectivity index (χ1n) is 9.08. The molecule has 0 bridgehead atoms. The zero-order valence-electron chi connectivity index (χ0n) is 15.3. The number of β-amino-alcohol motifs (C(OH)–C–C–N with tert-alkyl or cyclic N) is 1. The molecule has 1 aromatic heterocycles. The zero-order chi connectivity index (χ0) is 18.7. The summed E-state index contributed by atoms with van der Waals surface area (Å²) in [6.45, 7) is 8.46. The van der Waals surface area contributed by atoms with Crippen molar-refractivity contribution < 1.29 is 10.2 Å². The third-order valence-electron chi connectivity index (χ3n) is 4.64. The van der Waals surface area contributed by atoms with Crippen molar-refractivity contribution in [3.05, 3.63) is 17.2 Å². The van der Waals surface area contributed by atoms with Crippen molar-refractivity contribution >= 4 is 40.1 Å². The van der Waals surface area contributed by atoms with Crippen molar-refractivity contribution in [2.45, 2.75) is 36.8 Å². The van der Waals surface area contributed by atoms with Crippen LogP contribution in [0.5, 0.6) is 0 Å². The minimum atomic E-state index is -0.313. The molecule has 26 heavy (non-hydrogen) atoms. The molecule has 2 aromatic rings. The molecular formula is C18H27ClN4O2S. The molecule has 3 N–H and O–H groups in total. The van der Waals surface area contributed by atoms with E-state index in [2.05, 4.69) is 27.8 Å². The Morgan fingerprint density at radius 2 is 2.00 bits per heavy atom. The average molecular weight is 399 g/mol. The van der Waals surface area contributed by atoms with Crippen molar-refractivity contribution in [3.8, 4) is 0 Å². The molecule has 1 aliphatic rings. The largest absolute Gasteiger partial charge is 0.395 e. The highest BCUT2D eigenvalue weighted by Crippen LogP contribution is 2.33. The number of thioether (sulfide) groups is 1. The molecule has 1 aliphatic heterocycles. The molecule has 2 heterocycles. The van der Waals surface area contributed by atoms with Crippen molar-refractivity contribution in [3.63, 3.8) is 0 Å². The van der Waals surface area contributed by atoms with E-state index in [1.54, 1.807) is 11.8 Å². The third-order valence-corrected chi connectivity index (χ3v) is 5.96. The van der Waals surface area contributed by atoms with Gasteiger partial charge < -0.3 is 20.1 Å². The summed E-state index contributed by atoms with van der Waals surface area (Å²) in [5.74, 6) is 0. The lowest BCUT2D eigenvalue weighted by Gasteiger charge is -2.36. The van der Waals surface area contributed by atoms with Crippen LogP contribution in [0.15, 0.2) is 17.3 Å². The van der Waals surface area contributed by atoms with Gasteiger partial charge in [-0.2, -0.15) is 0 Å². The van der Waals surface area contributed by atoms with Gasteiger partial charge in [0, 0.05) is 38.0 Å². The number of aromatic nitrogens is 2. The van der Waals surface area contributed by atoms with Gasteiger partial charge in [0.25, 0.3) is 0 Å². The maximum Gasteiger partial charge on any atom is 0.166 e. The molecule has 0 aliphatic carbocycles. The number of rotatable bonds is 7. The summed E-state index contributed by atoms with van der Waals surface area (Å²) in [6, 6.07) is 4.00. The van der Waals surface area contributed by atoms with E-state index in [0.717, 1.165) is 66.0 Å². The highest BCUT2D eigenvalue weighted by atomic mass is 35.5. The summed E-state index contributed by atoms with van der Waals surface area (Å²) in [6.07, 6.45) is 0.415. The van der Waals surface area contributed by atoms with Crippen LogP contribution < -0.4 is 4.90 Å². The normalized spacial score (nSPS) is 18.4. The number of piperazine rings is 1. The smallest absolute Gasteiger partial charge is 0.166 e. The molecule has 0 radical (unpaired) electrons. The number of nitrogens with zero attached hydrogens (tertiary/aromatic N) is 3. The Balaban J connectivity index is 1.73. The van der Waals surface area contributed by atoms with Gasteiger partial charge in [0.15, 0.2) is 5.16 Å². The molecule has 1 fully saturated rings. The topological polar surface area (TPSA) is 75.6 Å². The van der Waals surface area contributed by atoms with Gasteiger partial charge in [-0.1, -0.05) is 30.3 Å². The zero-order valence-corrected chi connectivity index (χ0v) is 16.9. The number of hydrogen-bond acceptors (Lipinski definition) is 6. The number of nitrogens with one attached hydrogen (secondary N) is 1. The average Bonchev–Trinajstić information content (AvgIpc) is 2.95. The van der Waals surface area contributed by atoms with E-state index >= 15 is 0 Å². The van der Waals surface area contributed by atoms with Gasteiger partial charge in [0.2, 0.25) is 0 Å². The number of aromatic amines is 1. The fourth-order valence-electron chi connectivity index (χ4n) is 3.37. The molecule has 144 valence electrons. The molecule has 0 spiro atoms. The molecule has 0 amide bonds. The summed E-state index contributed by atoms with van der Waals surface area (Å²) in [7, 11) is 0. The van der Waals surface area contributed by atoms with Gasteiger partial charge in [-0.3, -0.25) is 4.90 Å². The van der Waals surface area contributed by atoms with E-state index < -0.39 is 0 Å². The van der Waals surface area contributed by atoms with E-state index in [4.69, 9.17) is 21.7 Å². The van der Waals surface area contributed by atoms with Crippen molar-refractivity contribution in [1.29, 1.82) is 0 Å². The molecule has 3 rings (SSSR count). The number of anilines is 1. The summed E-state index contributed by atoms with van der Waals surface area (Å²) in [4.78, 5) is 12.6. The van der Waals surface area contributed by atoms with Crippen LogP contribution in [-0.4, -0.2) is 75.8 Å². The molecule has 0 unspecified atom stereocenters. The third kappa shape index (κ3) is 4.84. The van der Waals surface area contributed by atoms with Gasteiger partial charge in [0.05, 0.1) is 34.5 Å². The van der Waals surface area contributed by atoms with E-state index in [9.17, 15) is 5.11 Å². The second kappa shape index (κ2) is 8.80. The molecule has 2 atom stereocenters. The summed E-state index contributed by atoms with van der Waals surface area (Å²) in [5, 5.41) is 20.5. The monoisotopic (exact) mass is 398 g/mol. The molecule has 6 nitrogen and oxygen atoms in total. The van der Waals surface area contributed by atoms with E-state index in [-0.39, 0.29) is 18.0 Å². The highest BCUT2D eigenvalue weighted by Gasteiger charge is 2.20. The molecular weight excluding hydrogens is 372 g/mol. The van der Waals surface area contributed by atoms with Gasteiger partial charge in [0.1, 0.15) is 0 Å². The predicted molar refractivity (Wildman–Crippen MR) is 108 cm³/mol. The maximum absolute atomic E-state index is 9.53. The van der Waals surface area contributed by atoms with Crippen LogP contribution in [0.2, 0.25) is 5.02 Å². The van der Waals surface area contributed by atoms with Crippen molar-refractivity contribution in [2.24, 2.45) is 0 Å². The second-order valence-corrected chi connectivity index (χ2v) is 8.76. The van der Waals surface area contributed by atoms with Crippen LogP contribution in [-0.2, 0) is 0 Å². The van der Waals surface area contributed by atoms with Crippen molar-refractivity contribution in [1.82, 2.24) is 14.9 Å². The number of imidazole rings is 1. The van der Waals surface area contributed by atoms with E-state index in [0.29, 0.717) is 0 Å². The Morgan fingerprint density at radius 1 is 1.27 bits per heavy atom. The Labute approximate surface area is 163 Å². The lowest BCUT2D eigenvalue weighted by molar-refractivity contribution is 0.185. The van der Waals surface area contributed by atoms with Gasteiger partial charge in [-0.15, -0.1) is 0 Å². The summed E-state index contributed by atoms with van der Waals surface area (Å²) < 4.78 is 0. The highest BCUT2D eigenvalue weighted by molar-refractivity contribution is 7.99. The Bertz CT molecular complexity index is 731. The van der Waals surface area contributed by atoms with Crippen LogP contribution in [0.25, 0.3) is 11.0 Å². The van der Waals surface area contributed by atoms with Crippen LogP contribution in [0.3, 0.4) is 0 Å². The quantitative estimate of drug-likeness (QED) is 0.622. The number of benzene rings is 1. The van der Waals surface area contributed by atoms with Gasteiger partial charge >= 0.3 is 0 Å². The van der Waals surface area contributed by atoms with Crippen LogP contribution in [0.1, 0.15) is 20.3 Å². The fraction of sp³-hybridized carbons (Fsp3) is 0.611. The standard InChI is InChI=1S/C18H27ClN4O2S/c1-12(25)9-13(2)26-18-20-15-10-14(19)17(11-16(15)21-18)23-5-3-22(4-6-23)7-8-24/h10-13,24-25H,3-9H2,1-2H3,(H,20,21)/t12-,13+/m0/s1. The molecule has 8 heteroatoms. The van der Waals surface area contributed by atoms with E-state index in [1.165, 1.54) is 0 Å². The minimum Gasteiger partial charge on any atom is -0.395 e. The number of fused-ring (bicyclic) bond motifs is 1. The molecule has 0 saturated carbocycles. The summed E-state index contributed by atoms with van der Waals surface area (Å²) >= 11 is 8.17. The Kier molecular flexibility index (Phi) is 6.69. The molecule has 1 saturated heterocycles. The van der Waals surface area contributed by atoms with Crippen LogP contribution >= 0.6 is 23.4 Å². The lowest BCUT2D eigenvalue weighted by Crippen LogP contribution is -2.47. The summed E-state index contributed by atoms with van der Waals surface area (Å²) in [5.41, 5.74) is 2.86. The lowest BCUT2D eigenvalue weighted by atomic mass is 10.2. The van der Waals surface area contributed by atoms with E-state index in [1.807, 2.05) is 13.0 Å². The van der Waals surface area contributed by atoms with Gasteiger partial charge in [-0.25, -0.2) is 4.98 Å². The SMILES string of the molecule is C[C@H](O)C[C@@H](C)Sc1nc2cc(N3CCN(CCO)CC3)c(Cl)cc2[nH]1. The fourth-order valence-corrected chi connectivity index (χ4v) is 4.73. The van der Waals surface area contributed by atoms with Crippen molar-refractivity contribution in [2.75, 3.05) is 44.2 Å². The van der Waals surface area contributed by atoms with Crippen LogP contribution in [0.4, 0.5) is 5.69 Å². The number of H-pyrrole nitrogens is 1. The minimum absolute atomic E-state index is 0.202.